The number of nitrogens with one attached hydrogen (secondary N) is 1. The van der Waals surface area contributed by atoms with E-state index in [1.165, 1.54) is 0 Å². The molecule has 0 heterocycles. The van der Waals surface area contributed by atoms with Gasteiger partial charge in [-0.15, -0.1) is 0 Å². The lowest BCUT2D eigenvalue weighted by Gasteiger charge is -2.28. The molecule has 0 aromatic rings. The predicted molar refractivity (Wildman–Crippen MR) is 54.9 cm³/mol. The van der Waals surface area contributed by atoms with Crippen molar-refractivity contribution in [2.45, 2.75) is 51.6 Å². The van der Waals surface area contributed by atoms with Crippen LogP contribution in [0.1, 0.15) is 45.4 Å². The first-order chi connectivity index (χ1) is 7.33. The highest BCUT2D eigenvalue weighted by atomic mass is 19.4. The summed E-state index contributed by atoms with van der Waals surface area (Å²) in [5.41, 5.74) is -0.169. The number of hydrogen-bond donors (Lipinski definition) is 1. The standard InChI is InChI=1S/C11H18F3NO/c1-10(6-4-2-3-5-7-10)8-15-9(16)11(12,13)14/h2-8H2,1H3,(H,15,16). The third-order valence-electron chi connectivity index (χ3n) is 3.24. The minimum atomic E-state index is -4.76. The molecule has 0 unspecified atom stereocenters. The Kier molecular flexibility index (Phi) is 4.21. The summed E-state index contributed by atoms with van der Waals surface area (Å²) in [5, 5.41) is 2.00. The van der Waals surface area contributed by atoms with Crippen molar-refractivity contribution >= 4 is 5.91 Å². The second-order valence-corrected chi connectivity index (χ2v) is 4.91. The zero-order chi connectivity index (χ0) is 12.2. The van der Waals surface area contributed by atoms with Gasteiger partial charge in [-0.3, -0.25) is 4.79 Å². The smallest absolute Gasteiger partial charge is 0.348 e. The van der Waals surface area contributed by atoms with Crippen LogP contribution in [0, 0.1) is 5.41 Å². The maximum atomic E-state index is 12.0. The molecule has 0 aromatic heterocycles. The zero-order valence-electron chi connectivity index (χ0n) is 9.49. The fourth-order valence-electron chi connectivity index (χ4n) is 2.15. The maximum Gasteiger partial charge on any atom is 0.471 e. The molecular formula is C11H18F3NO. The molecule has 1 amide bonds. The van der Waals surface area contributed by atoms with Gasteiger partial charge in [-0.1, -0.05) is 32.6 Å². The maximum absolute atomic E-state index is 12.0. The summed E-state index contributed by atoms with van der Waals surface area (Å²) in [7, 11) is 0. The average Bonchev–Trinajstić information content (AvgIpc) is 2.39. The first-order valence-corrected chi connectivity index (χ1v) is 5.69. The van der Waals surface area contributed by atoms with Gasteiger partial charge in [-0.05, 0) is 18.3 Å². The lowest BCUT2D eigenvalue weighted by Crippen LogP contribution is -2.42. The van der Waals surface area contributed by atoms with Crippen molar-refractivity contribution in [3.63, 3.8) is 0 Å². The summed E-state index contributed by atoms with van der Waals surface area (Å²) in [4.78, 5) is 10.7. The van der Waals surface area contributed by atoms with Crippen LogP contribution >= 0.6 is 0 Å². The Morgan fingerprint density at radius 3 is 2.12 bits per heavy atom. The number of rotatable bonds is 2. The molecular weight excluding hydrogens is 219 g/mol. The molecule has 0 bridgehead atoms. The summed E-state index contributed by atoms with van der Waals surface area (Å²) < 4.78 is 36.0. The van der Waals surface area contributed by atoms with Crippen LogP contribution in [0.2, 0.25) is 0 Å². The molecule has 0 spiro atoms. The van der Waals surface area contributed by atoms with Crippen molar-refractivity contribution in [2.24, 2.45) is 5.41 Å². The highest BCUT2D eigenvalue weighted by Crippen LogP contribution is 2.34. The van der Waals surface area contributed by atoms with Gasteiger partial charge >= 0.3 is 12.1 Å². The molecule has 16 heavy (non-hydrogen) atoms. The Labute approximate surface area is 93.6 Å². The summed E-state index contributed by atoms with van der Waals surface area (Å²) in [6.07, 6.45) is 1.39. The van der Waals surface area contributed by atoms with Crippen LogP contribution in [-0.4, -0.2) is 18.6 Å². The Bertz CT molecular complexity index is 242. The summed E-state index contributed by atoms with van der Waals surface area (Å²) in [5.74, 6) is -1.82. The molecule has 5 heteroatoms. The van der Waals surface area contributed by atoms with E-state index in [1.807, 2.05) is 12.2 Å². The third-order valence-corrected chi connectivity index (χ3v) is 3.24. The van der Waals surface area contributed by atoms with Crippen molar-refractivity contribution in [1.29, 1.82) is 0 Å². The molecule has 0 aromatic carbocycles. The number of amides is 1. The van der Waals surface area contributed by atoms with Crippen LogP contribution < -0.4 is 5.32 Å². The molecule has 0 saturated heterocycles. The van der Waals surface area contributed by atoms with Crippen LogP contribution in [0.25, 0.3) is 0 Å². The number of alkyl halides is 3. The van der Waals surface area contributed by atoms with Crippen molar-refractivity contribution in [3.8, 4) is 0 Å². The molecule has 0 aliphatic heterocycles. The highest BCUT2D eigenvalue weighted by Gasteiger charge is 2.39. The number of halogens is 3. The number of carbonyl (C=O) groups excluding carboxylic acids is 1. The minimum absolute atomic E-state index is 0.130. The molecule has 94 valence electrons. The summed E-state index contributed by atoms with van der Waals surface area (Å²) in [6, 6.07) is 0. The van der Waals surface area contributed by atoms with Crippen LogP contribution in [0.4, 0.5) is 13.2 Å². The largest absolute Gasteiger partial charge is 0.471 e. The minimum Gasteiger partial charge on any atom is -0.348 e. The van der Waals surface area contributed by atoms with Crippen LogP contribution in [0.5, 0.6) is 0 Å². The van der Waals surface area contributed by atoms with Gasteiger partial charge in [-0.2, -0.15) is 13.2 Å². The van der Waals surface area contributed by atoms with E-state index in [9.17, 15) is 18.0 Å². The van der Waals surface area contributed by atoms with Gasteiger partial charge in [0.25, 0.3) is 0 Å². The van der Waals surface area contributed by atoms with Gasteiger partial charge in [0, 0.05) is 6.54 Å². The average molecular weight is 237 g/mol. The Balaban J connectivity index is 2.43. The van der Waals surface area contributed by atoms with E-state index in [-0.39, 0.29) is 12.0 Å². The summed E-state index contributed by atoms with van der Waals surface area (Å²) >= 11 is 0. The predicted octanol–water partition coefficient (Wildman–Crippen LogP) is 3.03. The molecule has 1 saturated carbocycles. The van der Waals surface area contributed by atoms with Crippen LogP contribution in [0.3, 0.4) is 0 Å². The molecule has 1 N–H and O–H groups in total. The van der Waals surface area contributed by atoms with E-state index in [2.05, 4.69) is 0 Å². The molecule has 1 fully saturated rings. The van der Waals surface area contributed by atoms with Gasteiger partial charge in [0.15, 0.2) is 0 Å². The van der Waals surface area contributed by atoms with Gasteiger partial charge in [0.1, 0.15) is 0 Å². The van der Waals surface area contributed by atoms with E-state index in [0.29, 0.717) is 0 Å². The van der Waals surface area contributed by atoms with Gasteiger partial charge in [-0.25, -0.2) is 0 Å². The lowest BCUT2D eigenvalue weighted by molar-refractivity contribution is -0.174. The van der Waals surface area contributed by atoms with Crippen LogP contribution in [0.15, 0.2) is 0 Å². The van der Waals surface area contributed by atoms with Crippen molar-refractivity contribution < 1.29 is 18.0 Å². The van der Waals surface area contributed by atoms with Gasteiger partial charge in [0.05, 0.1) is 0 Å². The molecule has 1 rings (SSSR count). The number of carbonyl (C=O) groups is 1. The highest BCUT2D eigenvalue weighted by molar-refractivity contribution is 5.81. The third kappa shape index (κ3) is 4.02. The van der Waals surface area contributed by atoms with E-state index < -0.39 is 12.1 Å². The zero-order valence-corrected chi connectivity index (χ0v) is 9.49. The van der Waals surface area contributed by atoms with E-state index in [4.69, 9.17) is 0 Å². The van der Waals surface area contributed by atoms with Crippen molar-refractivity contribution in [1.82, 2.24) is 5.32 Å². The first-order valence-electron chi connectivity index (χ1n) is 5.69. The van der Waals surface area contributed by atoms with E-state index in [0.717, 1.165) is 38.5 Å². The Hall–Kier alpha value is -0.740. The SMILES string of the molecule is CC1(CNC(=O)C(F)(F)F)CCCCCC1. The fraction of sp³-hybridized carbons (Fsp3) is 0.909. The molecule has 1 aliphatic carbocycles. The fourth-order valence-corrected chi connectivity index (χ4v) is 2.15. The normalized spacial score (nSPS) is 21.2. The molecule has 1 aliphatic rings. The number of hydrogen-bond acceptors (Lipinski definition) is 1. The second-order valence-electron chi connectivity index (χ2n) is 4.91. The Morgan fingerprint density at radius 1 is 1.19 bits per heavy atom. The molecule has 0 radical (unpaired) electrons. The monoisotopic (exact) mass is 237 g/mol. The van der Waals surface area contributed by atoms with Gasteiger partial charge < -0.3 is 5.32 Å². The quantitative estimate of drug-likeness (QED) is 0.735. The van der Waals surface area contributed by atoms with Crippen LogP contribution in [-0.2, 0) is 4.79 Å². The summed E-state index contributed by atoms with van der Waals surface area (Å²) in [6.45, 7) is 2.08. The molecule has 0 atom stereocenters. The molecule has 2 nitrogen and oxygen atoms in total. The Morgan fingerprint density at radius 2 is 1.69 bits per heavy atom. The van der Waals surface area contributed by atoms with Gasteiger partial charge in [0.2, 0.25) is 0 Å². The van der Waals surface area contributed by atoms with E-state index >= 15 is 0 Å². The van der Waals surface area contributed by atoms with E-state index in [1.54, 1.807) is 0 Å². The first kappa shape index (κ1) is 13.3. The lowest BCUT2D eigenvalue weighted by atomic mass is 9.82. The van der Waals surface area contributed by atoms with Crippen molar-refractivity contribution in [2.75, 3.05) is 6.54 Å². The van der Waals surface area contributed by atoms with Crippen molar-refractivity contribution in [3.05, 3.63) is 0 Å². The second kappa shape index (κ2) is 5.06. The topological polar surface area (TPSA) is 29.1 Å².